The Kier molecular flexibility index (Phi) is 9.01. The minimum absolute atomic E-state index is 0.101. The zero-order valence-corrected chi connectivity index (χ0v) is 24.3. The molecular weight excluding hydrogens is 494 g/mol. The van der Waals surface area contributed by atoms with Crippen molar-refractivity contribution in [1.29, 1.82) is 0 Å². The van der Waals surface area contributed by atoms with Crippen LogP contribution >= 0.6 is 0 Å². The summed E-state index contributed by atoms with van der Waals surface area (Å²) in [5, 5.41) is 0.485. The second kappa shape index (κ2) is 12.2. The molecule has 0 saturated heterocycles. The van der Waals surface area contributed by atoms with Crippen molar-refractivity contribution in [2.45, 2.75) is 73.5 Å². The van der Waals surface area contributed by atoms with Crippen LogP contribution in [-0.4, -0.2) is 43.3 Å². The summed E-state index contributed by atoms with van der Waals surface area (Å²) in [4.78, 5) is 29.4. The molecule has 7 nitrogen and oxygen atoms in total. The Bertz CT molecular complexity index is 1390. The monoisotopic (exact) mass is 535 g/mol. The number of amides is 1. The van der Waals surface area contributed by atoms with Crippen molar-refractivity contribution in [3.63, 3.8) is 0 Å². The molecule has 2 heterocycles. The Balaban J connectivity index is 1.80. The zero-order chi connectivity index (χ0) is 28.3. The van der Waals surface area contributed by atoms with Gasteiger partial charge in [-0.05, 0) is 94.3 Å². The van der Waals surface area contributed by atoms with Crippen molar-refractivity contribution in [3.8, 4) is 11.5 Å². The van der Waals surface area contributed by atoms with E-state index in [-0.39, 0.29) is 23.2 Å². The Hall–Kier alpha value is -3.32. The van der Waals surface area contributed by atoms with E-state index in [1.807, 2.05) is 65.0 Å². The molecule has 1 amide bonds. The lowest BCUT2D eigenvalue weighted by atomic mass is 9.97. The Labute approximate surface area is 231 Å². The quantitative estimate of drug-likeness (QED) is 0.243. The fourth-order valence-electron chi connectivity index (χ4n) is 4.89. The molecule has 0 aliphatic carbocycles. The van der Waals surface area contributed by atoms with Gasteiger partial charge < -0.3 is 23.5 Å². The number of fused-ring (bicyclic) bond motifs is 2. The van der Waals surface area contributed by atoms with E-state index < -0.39 is 6.04 Å². The molecule has 2 aromatic carbocycles. The van der Waals surface area contributed by atoms with Crippen LogP contribution in [0.3, 0.4) is 0 Å². The molecule has 0 fully saturated rings. The van der Waals surface area contributed by atoms with Crippen molar-refractivity contribution in [2.75, 3.05) is 26.4 Å². The van der Waals surface area contributed by atoms with Crippen molar-refractivity contribution in [2.24, 2.45) is 5.92 Å². The fraction of sp³-hybridized carbons (Fsp3) is 0.500. The Morgan fingerprint density at radius 3 is 2.38 bits per heavy atom. The van der Waals surface area contributed by atoms with E-state index in [0.717, 1.165) is 23.1 Å². The predicted octanol–water partition coefficient (Wildman–Crippen LogP) is 6.59. The molecule has 7 heteroatoms. The van der Waals surface area contributed by atoms with Gasteiger partial charge in [0.15, 0.2) is 16.9 Å². The number of aryl methyl sites for hydroxylation is 2. The first kappa shape index (κ1) is 28.7. The Morgan fingerprint density at radius 1 is 0.949 bits per heavy atom. The van der Waals surface area contributed by atoms with E-state index in [9.17, 15) is 9.59 Å². The van der Waals surface area contributed by atoms with Gasteiger partial charge >= 0.3 is 0 Å². The smallest absolute Gasteiger partial charge is 0.290 e. The number of hydrogen-bond acceptors (Lipinski definition) is 6. The van der Waals surface area contributed by atoms with Gasteiger partial charge in [0.05, 0.1) is 36.3 Å². The topological polar surface area (TPSA) is 78.2 Å². The van der Waals surface area contributed by atoms with E-state index in [1.165, 1.54) is 0 Å². The summed E-state index contributed by atoms with van der Waals surface area (Å²) in [5.74, 6) is 1.60. The lowest BCUT2D eigenvalue weighted by molar-refractivity contribution is 0.0593. The highest BCUT2D eigenvalue weighted by atomic mass is 16.5. The summed E-state index contributed by atoms with van der Waals surface area (Å²) in [7, 11) is 0. The molecule has 1 unspecified atom stereocenters. The van der Waals surface area contributed by atoms with Crippen LogP contribution in [0, 0.1) is 19.8 Å². The maximum Gasteiger partial charge on any atom is 0.290 e. The minimum atomic E-state index is -0.599. The SMILES string of the molecule is CCOc1cc(C2c3c(oc4cc(C)c(C)cc4c3=O)C(=O)N2CCCOC(C)C)ccc1OCCC(C)C. The third-order valence-corrected chi connectivity index (χ3v) is 7.11. The standard InChI is InChI=1S/C32H41NO6/c1-8-36-27-18-23(10-11-25(27)38-15-12-19(2)3)29-28-30(34)24-16-21(6)22(7)17-26(24)39-31(28)32(35)33(29)13-9-14-37-20(4)5/h10-11,16-20,29H,8-9,12-15H2,1-7H3. The van der Waals surface area contributed by atoms with Crippen molar-refractivity contribution < 1.29 is 23.4 Å². The molecule has 1 aliphatic heterocycles. The number of ether oxygens (including phenoxy) is 3. The molecule has 4 rings (SSSR count). The molecule has 0 N–H and O–H groups in total. The average molecular weight is 536 g/mol. The number of hydrogen-bond donors (Lipinski definition) is 0. The number of benzene rings is 2. The average Bonchev–Trinajstić information content (AvgIpc) is 3.15. The first-order valence-electron chi connectivity index (χ1n) is 14.0. The third-order valence-electron chi connectivity index (χ3n) is 7.11. The van der Waals surface area contributed by atoms with Crippen LogP contribution in [0.15, 0.2) is 39.5 Å². The lowest BCUT2D eigenvalue weighted by Gasteiger charge is -2.26. The van der Waals surface area contributed by atoms with Gasteiger partial charge in [-0.25, -0.2) is 0 Å². The second-order valence-electron chi connectivity index (χ2n) is 11.0. The van der Waals surface area contributed by atoms with Crippen LogP contribution in [-0.2, 0) is 4.74 Å². The fourth-order valence-corrected chi connectivity index (χ4v) is 4.89. The van der Waals surface area contributed by atoms with E-state index in [0.29, 0.717) is 66.7 Å². The minimum Gasteiger partial charge on any atom is -0.490 e. The predicted molar refractivity (Wildman–Crippen MR) is 153 cm³/mol. The zero-order valence-electron chi connectivity index (χ0n) is 24.3. The number of carbonyl (C=O) groups is 1. The molecular formula is C32H41NO6. The molecule has 1 aromatic heterocycles. The van der Waals surface area contributed by atoms with Gasteiger partial charge in [0.1, 0.15) is 5.58 Å². The van der Waals surface area contributed by atoms with E-state index in [4.69, 9.17) is 18.6 Å². The molecule has 210 valence electrons. The molecule has 39 heavy (non-hydrogen) atoms. The summed E-state index contributed by atoms with van der Waals surface area (Å²) >= 11 is 0. The van der Waals surface area contributed by atoms with Crippen LogP contribution < -0.4 is 14.9 Å². The maximum atomic E-state index is 13.9. The van der Waals surface area contributed by atoms with Crippen LogP contribution in [0.5, 0.6) is 11.5 Å². The van der Waals surface area contributed by atoms with Crippen molar-refractivity contribution >= 4 is 16.9 Å². The highest BCUT2D eigenvalue weighted by Gasteiger charge is 2.42. The normalized spacial score (nSPS) is 15.1. The summed E-state index contributed by atoms with van der Waals surface area (Å²) in [6, 6.07) is 8.78. The molecule has 1 aliphatic rings. The summed E-state index contributed by atoms with van der Waals surface area (Å²) in [6.07, 6.45) is 1.66. The molecule has 0 spiro atoms. The molecule has 3 aromatic rings. The third kappa shape index (κ3) is 6.14. The number of carbonyl (C=O) groups excluding carboxylic acids is 1. The first-order chi connectivity index (χ1) is 18.6. The first-order valence-corrected chi connectivity index (χ1v) is 14.0. The highest BCUT2D eigenvalue weighted by Crippen LogP contribution is 2.41. The lowest BCUT2D eigenvalue weighted by Crippen LogP contribution is -2.31. The largest absolute Gasteiger partial charge is 0.490 e. The van der Waals surface area contributed by atoms with Gasteiger partial charge in [-0.1, -0.05) is 19.9 Å². The maximum absolute atomic E-state index is 13.9. The van der Waals surface area contributed by atoms with Gasteiger partial charge in [-0.3, -0.25) is 9.59 Å². The van der Waals surface area contributed by atoms with E-state index in [1.54, 1.807) is 4.90 Å². The molecule has 0 bridgehead atoms. The molecule has 0 radical (unpaired) electrons. The molecule has 0 saturated carbocycles. The van der Waals surface area contributed by atoms with E-state index in [2.05, 4.69) is 13.8 Å². The van der Waals surface area contributed by atoms with Gasteiger partial charge in [0.25, 0.3) is 5.91 Å². The highest BCUT2D eigenvalue weighted by molar-refractivity contribution is 5.99. The van der Waals surface area contributed by atoms with Crippen LogP contribution in [0.2, 0.25) is 0 Å². The van der Waals surface area contributed by atoms with Gasteiger partial charge in [0.2, 0.25) is 5.76 Å². The van der Waals surface area contributed by atoms with E-state index >= 15 is 0 Å². The van der Waals surface area contributed by atoms with Crippen molar-refractivity contribution in [3.05, 3.63) is 68.6 Å². The second-order valence-corrected chi connectivity index (χ2v) is 11.0. The number of nitrogens with zero attached hydrogens (tertiary/aromatic N) is 1. The van der Waals surface area contributed by atoms with Crippen LogP contribution in [0.4, 0.5) is 0 Å². The summed E-state index contributed by atoms with van der Waals surface area (Å²) in [6.45, 7) is 16.1. The van der Waals surface area contributed by atoms with Gasteiger partial charge in [0, 0.05) is 13.2 Å². The van der Waals surface area contributed by atoms with Crippen LogP contribution in [0.25, 0.3) is 11.0 Å². The van der Waals surface area contributed by atoms with Gasteiger partial charge in [-0.15, -0.1) is 0 Å². The summed E-state index contributed by atoms with van der Waals surface area (Å²) in [5.41, 5.74) is 3.41. The summed E-state index contributed by atoms with van der Waals surface area (Å²) < 4.78 is 23.9. The Morgan fingerprint density at radius 2 is 1.69 bits per heavy atom. The number of rotatable bonds is 12. The van der Waals surface area contributed by atoms with Crippen molar-refractivity contribution in [1.82, 2.24) is 4.90 Å². The van der Waals surface area contributed by atoms with Crippen LogP contribution in [0.1, 0.15) is 86.3 Å². The van der Waals surface area contributed by atoms with Gasteiger partial charge in [-0.2, -0.15) is 0 Å². The molecule has 1 atom stereocenters.